The Morgan fingerprint density at radius 2 is 1.82 bits per heavy atom. The minimum atomic E-state index is 0.0773. The van der Waals surface area contributed by atoms with E-state index < -0.39 is 0 Å². The van der Waals surface area contributed by atoms with Gasteiger partial charge in [-0.05, 0) is 79.6 Å². The predicted octanol–water partition coefficient (Wildman–Crippen LogP) is 5.90. The lowest BCUT2D eigenvalue weighted by Crippen LogP contribution is -2.33. The molecule has 1 aliphatic carbocycles. The number of benzene rings is 2. The summed E-state index contributed by atoms with van der Waals surface area (Å²) < 4.78 is 0. The maximum Gasteiger partial charge on any atom is 0.159 e. The third-order valence-electron chi connectivity index (χ3n) is 6.82. The van der Waals surface area contributed by atoms with Crippen molar-refractivity contribution < 1.29 is 9.59 Å². The Morgan fingerprint density at radius 1 is 1.09 bits per heavy atom. The molecule has 0 amide bonds. The molecule has 1 atom stereocenters. The molecule has 0 N–H and O–H groups in total. The Kier molecular flexibility index (Phi) is 6.89. The van der Waals surface area contributed by atoms with Crippen molar-refractivity contribution in [1.29, 1.82) is 5.26 Å². The number of nitriles is 1. The average molecular weight is 439 g/mol. The highest BCUT2D eigenvalue weighted by Crippen LogP contribution is 2.39. The summed E-state index contributed by atoms with van der Waals surface area (Å²) in [4.78, 5) is 26.2. The maximum atomic E-state index is 12.3. The Labute approximate surface area is 196 Å². The summed E-state index contributed by atoms with van der Waals surface area (Å²) in [5.74, 6) is 0.588. The van der Waals surface area contributed by atoms with E-state index in [1.54, 1.807) is 6.92 Å². The first-order valence-corrected chi connectivity index (χ1v) is 11.8. The van der Waals surface area contributed by atoms with E-state index in [0.717, 1.165) is 60.3 Å². The lowest BCUT2D eigenvalue weighted by atomic mass is 9.80. The quantitative estimate of drug-likeness (QED) is 0.596. The van der Waals surface area contributed by atoms with Crippen LogP contribution in [-0.4, -0.2) is 24.7 Å². The Balaban J connectivity index is 1.72. The first-order valence-electron chi connectivity index (χ1n) is 11.8. The second kappa shape index (κ2) is 10.0. The van der Waals surface area contributed by atoms with Crippen molar-refractivity contribution in [2.45, 2.75) is 51.9 Å². The smallest absolute Gasteiger partial charge is 0.159 e. The number of Topliss-reactive ketones (excluding diaryl/α,β-unsaturated/α-hetero) is 2. The normalized spacial score (nSPS) is 22.3. The second-order valence-electron chi connectivity index (χ2n) is 9.06. The summed E-state index contributed by atoms with van der Waals surface area (Å²) in [6.07, 6.45) is 8.23. The molecule has 0 radical (unpaired) electrons. The number of ketones is 2. The van der Waals surface area contributed by atoms with Gasteiger partial charge in [0, 0.05) is 43.1 Å². The third kappa shape index (κ3) is 5.14. The Hall–Kier alpha value is -3.45. The molecule has 0 aromatic heterocycles. The van der Waals surface area contributed by atoms with Crippen molar-refractivity contribution >= 4 is 22.8 Å². The number of carbonyl (C=O) groups is 2. The summed E-state index contributed by atoms with van der Waals surface area (Å²) in [6.45, 7) is 5.15. The van der Waals surface area contributed by atoms with Crippen LogP contribution < -0.4 is 4.90 Å². The van der Waals surface area contributed by atoms with E-state index in [9.17, 15) is 14.9 Å². The lowest BCUT2D eigenvalue weighted by molar-refractivity contribution is -0.119. The van der Waals surface area contributed by atoms with Gasteiger partial charge in [0.25, 0.3) is 0 Å². The second-order valence-corrected chi connectivity index (χ2v) is 9.06. The number of nitrogens with zero attached hydrogens (tertiary/aromatic N) is 2. The average Bonchev–Trinajstić information content (AvgIpc) is 2.80. The Bertz CT molecular complexity index is 1160. The highest BCUT2D eigenvalue weighted by atomic mass is 16.1. The minimum Gasteiger partial charge on any atom is -0.371 e. The molecular formula is C29H30N2O2. The van der Waals surface area contributed by atoms with E-state index in [1.165, 1.54) is 5.56 Å². The van der Waals surface area contributed by atoms with Crippen LogP contribution in [0.15, 0.2) is 60.2 Å². The molecule has 1 unspecified atom stereocenters. The maximum absolute atomic E-state index is 12.3. The molecule has 1 saturated heterocycles. The van der Waals surface area contributed by atoms with Gasteiger partial charge in [-0.25, -0.2) is 0 Å². The number of anilines is 1. The fourth-order valence-electron chi connectivity index (χ4n) is 4.84. The van der Waals surface area contributed by atoms with Gasteiger partial charge in [-0.3, -0.25) is 9.59 Å². The zero-order valence-electron chi connectivity index (χ0n) is 19.4. The van der Waals surface area contributed by atoms with Crippen LogP contribution in [0.3, 0.4) is 0 Å². The summed E-state index contributed by atoms with van der Waals surface area (Å²) in [5, 5.41) is 9.35. The fourth-order valence-corrected chi connectivity index (χ4v) is 4.84. The van der Waals surface area contributed by atoms with Gasteiger partial charge in [0.05, 0.1) is 11.6 Å². The molecule has 2 aromatic rings. The molecule has 4 heteroatoms. The number of allylic oxidation sites excluding steroid dienone is 4. The molecule has 4 nitrogen and oxygen atoms in total. The van der Waals surface area contributed by atoms with Gasteiger partial charge in [-0.15, -0.1) is 0 Å². The molecule has 2 aromatic carbocycles. The van der Waals surface area contributed by atoms with Crippen molar-refractivity contribution in [2.75, 3.05) is 18.0 Å². The number of piperidine rings is 1. The molecular weight excluding hydrogens is 408 g/mol. The van der Waals surface area contributed by atoms with Gasteiger partial charge in [-0.2, -0.15) is 5.26 Å². The number of carbonyl (C=O) groups excluding carboxylic acids is 2. The van der Waals surface area contributed by atoms with E-state index in [4.69, 9.17) is 0 Å². The molecule has 33 heavy (non-hydrogen) atoms. The molecule has 168 valence electrons. The van der Waals surface area contributed by atoms with Crippen LogP contribution in [0.2, 0.25) is 0 Å². The van der Waals surface area contributed by atoms with Crippen LogP contribution in [0, 0.1) is 18.3 Å². The zero-order valence-corrected chi connectivity index (χ0v) is 19.4. The molecule has 0 bridgehead atoms. The molecule has 0 spiro atoms. The number of aryl methyl sites for hydroxylation is 1. The van der Waals surface area contributed by atoms with Crippen LogP contribution in [0.1, 0.15) is 67.2 Å². The minimum absolute atomic E-state index is 0.0773. The van der Waals surface area contributed by atoms with Crippen molar-refractivity contribution in [2.24, 2.45) is 0 Å². The highest BCUT2D eigenvalue weighted by molar-refractivity contribution is 5.98. The topological polar surface area (TPSA) is 61.2 Å². The number of hydrogen-bond donors (Lipinski definition) is 0. The fraction of sp³-hybridized carbons (Fsp3) is 0.345. The Morgan fingerprint density at radius 3 is 2.45 bits per heavy atom. The van der Waals surface area contributed by atoms with Gasteiger partial charge >= 0.3 is 0 Å². The van der Waals surface area contributed by atoms with Gasteiger partial charge in [0.1, 0.15) is 5.78 Å². The van der Waals surface area contributed by atoms with Crippen molar-refractivity contribution in [3.63, 3.8) is 0 Å². The van der Waals surface area contributed by atoms with E-state index in [0.29, 0.717) is 24.2 Å². The third-order valence-corrected chi connectivity index (χ3v) is 6.82. The van der Waals surface area contributed by atoms with E-state index in [-0.39, 0.29) is 11.7 Å². The van der Waals surface area contributed by atoms with Crippen LogP contribution in [0.4, 0.5) is 5.69 Å². The van der Waals surface area contributed by atoms with Gasteiger partial charge in [0.15, 0.2) is 5.78 Å². The standard InChI is InChI=1S/C29H30N2O2/c1-20-17-24(7-8-25(20)19-30)29-18-23(21(2)32)5-3-4-6-28(29)22-9-11-26(12-10-22)31-15-13-27(33)14-16-31/h5,7-12,17-18,28H,3-4,6,13-16H2,1-2H3/b23-5+,29-18-. The van der Waals surface area contributed by atoms with Crippen LogP contribution in [0.25, 0.3) is 5.57 Å². The van der Waals surface area contributed by atoms with E-state index in [1.807, 2.05) is 19.1 Å². The summed E-state index contributed by atoms with van der Waals surface area (Å²) in [5.41, 5.74) is 6.94. The van der Waals surface area contributed by atoms with Gasteiger partial charge < -0.3 is 4.90 Å². The highest BCUT2D eigenvalue weighted by Gasteiger charge is 2.22. The largest absolute Gasteiger partial charge is 0.371 e. The monoisotopic (exact) mass is 438 g/mol. The van der Waals surface area contributed by atoms with Crippen molar-refractivity contribution in [3.8, 4) is 6.07 Å². The SMILES string of the molecule is CC(=O)C1=C/CCCC(c2ccc(N3CCC(=O)CC3)cc2)/C(c2ccc(C#N)c(C)c2)=C\1. The number of hydrogen-bond acceptors (Lipinski definition) is 4. The molecule has 1 fully saturated rings. The number of rotatable bonds is 4. The molecule has 4 rings (SSSR count). The van der Waals surface area contributed by atoms with Gasteiger partial charge in [-0.1, -0.05) is 30.3 Å². The van der Waals surface area contributed by atoms with Crippen LogP contribution in [0.5, 0.6) is 0 Å². The zero-order chi connectivity index (χ0) is 23.4. The van der Waals surface area contributed by atoms with Gasteiger partial charge in [0.2, 0.25) is 0 Å². The van der Waals surface area contributed by atoms with Crippen molar-refractivity contribution in [3.05, 3.63) is 82.4 Å². The first-order chi connectivity index (χ1) is 16.0. The van der Waals surface area contributed by atoms with Crippen LogP contribution >= 0.6 is 0 Å². The lowest BCUT2D eigenvalue weighted by Gasteiger charge is -2.29. The van der Waals surface area contributed by atoms with E-state index in [2.05, 4.69) is 53.5 Å². The summed E-state index contributed by atoms with van der Waals surface area (Å²) >= 11 is 0. The summed E-state index contributed by atoms with van der Waals surface area (Å²) in [7, 11) is 0. The molecule has 0 saturated carbocycles. The van der Waals surface area contributed by atoms with E-state index >= 15 is 0 Å². The summed E-state index contributed by atoms with van der Waals surface area (Å²) in [6, 6.07) is 16.9. The van der Waals surface area contributed by atoms with Crippen LogP contribution in [-0.2, 0) is 9.59 Å². The molecule has 1 aliphatic heterocycles. The molecule has 2 aliphatic rings. The first kappa shape index (κ1) is 22.7. The predicted molar refractivity (Wildman–Crippen MR) is 132 cm³/mol. The van der Waals surface area contributed by atoms with Crippen molar-refractivity contribution in [1.82, 2.24) is 0 Å². The molecule has 1 heterocycles.